The summed E-state index contributed by atoms with van der Waals surface area (Å²) in [5.74, 6) is 1.44. The number of nitrogens with one attached hydrogen (secondary N) is 2. The molecule has 26 heavy (non-hydrogen) atoms. The van der Waals surface area contributed by atoms with Gasteiger partial charge in [0, 0.05) is 37.8 Å². The lowest BCUT2D eigenvalue weighted by atomic mass is 9.64. The number of aliphatic imine (C=N–C) groups is 1. The van der Waals surface area contributed by atoms with E-state index in [4.69, 9.17) is 4.74 Å². The second kappa shape index (κ2) is 9.75. The lowest BCUT2D eigenvalue weighted by Gasteiger charge is -2.43. The molecule has 5 nitrogen and oxygen atoms in total. The topological polar surface area (TPSA) is 58.5 Å². The maximum atomic E-state index is 5.09. The van der Waals surface area contributed by atoms with Crippen LogP contribution in [0.25, 0.3) is 0 Å². The molecule has 0 atom stereocenters. The first-order valence-corrected chi connectivity index (χ1v) is 8.75. The summed E-state index contributed by atoms with van der Waals surface area (Å²) in [5, 5.41) is 6.85. The quantitative estimate of drug-likeness (QED) is 0.389. The normalized spacial score (nSPS) is 15.4. The van der Waals surface area contributed by atoms with E-state index < -0.39 is 0 Å². The van der Waals surface area contributed by atoms with Crippen molar-refractivity contribution in [1.29, 1.82) is 0 Å². The molecule has 0 radical (unpaired) electrons. The van der Waals surface area contributed by atoms with E-state index in [1.54, 1.807) is 14.2 Å². The Morgan fingerprint density at radius 2 is 1.92 bits per heavy atom. The van der Waals surface area contributed by atoms with E-state index in [0.717, 1.165) is 18.1 Å². The first-order chi connectivity index (χ1) is 12.3. The van der Waals surface area contributed by atoms with Gasteiger partial charge in [0.1, 0.15) is 0 Å². The van der Waals surface area contributed by atoms with Crippen LogP contribution < -0.4 is 15.4 Å². The van der Waals surface area contributed by atoms with Crippen molar-refractivity contribution in [2.24, 2.45) is 4.99 Å². The van der Waals surface area contributed by atoms with Crippen LogP contribution >= 0.6 is 24.0 Å². The number of benzene rings is 1. The fraction of sp³-hybridized carbons (Fsp3) is 0.400. The first-order valence-electron chi connectivity index (χ1n) is 8.75. The van der Waals surface area contributed by atoms with E-state index in [1.165, 1.54) is 24.8 Å². The summed E-state index contributed by atoms with van der Waals surface area (Å²) in [6, 6.07) is 14.7. The molecular formula is C20H27IN4O. The number of aromatic nitrogens is 1. The van der Waals surface area contributed by atoms with Gasteiger partial charge in [0.05, 0.1) is 7.11 Å². The third kappa shape index (κ3) is 4.87. The molecule has 1 saturated carbocycles. The molecule has 2 aromatic rings. The van der Waals surface area contributed by atoms with Crippen LogP contribution in [0, 0.1) is 0 Å². The molecule has 0 spiro atoms. The molecule has 1 aliphatic rings. The maximum Gasteiger partial charge on any atom is 0.212 e. The summed E-state index contributed by atoms with van der Waals surface area (Å²) < 4.78 is 5.09. The molecule has 140 valence electrons. The van der Waals surface area contributed by atoms with Gasteiger partial charge in [-0.25, -0.2) is 4.98 Å². The summed E-state index contributed by atoms with van der Waals surface area (Å²) in [6.07, 6.45) is 5.56. The van der Waals surface area contributed by atoms with Crippen molar-refractivity contribution in [3.05, 3.63) is 59.8 Å². The zero-order valence-corrected chi connectivity index (χ0v) is 17.7. The van der Waals surface area contributed by atoms with Crippen molar-refractivity contribution in [2.75, 3.05) is 20.7 Å². The number of ether oxygens (including phenoxy) is 1. The molecular weight excluding hydrogens is 439 g/mol. The van der Waals surface area contributed by atoms with Crippen LogP contribution in [0.1, 0.15) is 30.4 Å². The number of halogens is 1. The predicted octanol–water partition coefficient (Wildman–Crippen LogP) is 3.50. The summed E-state index contributed by atoms with van der Waals surface area (Å²) in [4.78, 5) is 8.57. The molecule has 0 unspecified atom stereocenters. The standard InChI is InChI=1S/C20H26N4O.HI/c1-21-19(23-14-16-9-10-18(25-2)22-13-16)24-15-20(11-6-12-20)17-7-4-3-5-8-17;/h3-5,7-10,13H,6,11-12,14-15H2,1-2H3,(H2,21,23,24);1H. The second-order valence-corrected chi connectivity index (χ2v) is 6.49. The maximum absolute atomic E-state index is 5.09. The monoisotopic (exact) mass is 466 g/mol. The lowest BCUT2D eigenvalue weighted by molar-refractivity contribution is 0.244. The minimum Gasteiger partial charge on any atom is -0.481 e. The average Bonchev–Trinajstić information content (AvgIpc) is 2.64. The van der Waals surface area contributed by atoms with Gasteiger partial charge in [-0.3, -0.25) is 4.99 Å². The molecule has 1 aromatic carbocycles. The first kappa shape index (κ1) is 20.5. The molecule has 0 bridgehead atoms. The van der Waals surface area contributed by atoms with Gasteiger partial charge in [0.25, 0.3) is 0 Å². The van der Waals surface area contributed by atoms with Crippen LogP contribution in [0.5, 0.6) is 5.88 Å². The van der Waals surface area contributed by atoms with E-state index in [1.807, 2.05) is 18.3 Å². The summed E-state index contributed by atoms with van der Waals surface area (Å²) >= 11 is 0. The molecule has 1 fully saturated rings. The van der Waals surface area contributed by atoms with Crippen molar-refractivity contribution in [1.82, 2.24) is 15.6 Å². The predicted molar refractivity (Wildman–Crippen MR) is 116 cm³/mol. The molecule has 0 amide bonds. The molecule has 1 heterocycles. The lowest BCUT2D eigenvalue weighted by Crippen LogP contribution is -2.48. The third-order valence-electron chi connectivity index (χ3n) is 4.98. The summed E-state index contributed by atoms with van der Waals surface area (Å²) in [7, 11) is 3.42. The van der Waals surface area contributed by atoms with Crippen molar-refractivity contribution in [3.8, 4) is 5.88 Å². The van der Waals surface area contributed by atoms with Gasteiger partial charge >= 0.3 is 0 Å². The van der Waals surface area contributed by atoms with Crippen molar-refractivity contribution >= 4 is 29.9 Å². The highest BCUT2D eigenvalue weighted by atomic mass is 127. The third-order valence-corrected chi connectivity index (χ3v) is 4.98. The van der Waals surface area contributed by atoms with Crippen molar-refractivity contribution < 1.29 is 4.74 Å². The molecule has 3 rings (SSSR count). The number of hydrogen-bond acceptors (Lipinski definition) is 3. The van der Waals surface area contributed by atoms with Gasteiger partial charge in [0.2, 0.25) is 5.88 Å². The Balaban J connectivity index is 0.00000243. The number of hydrogen-bond donors (Lipinski definition) is 2. The SMILES string of the molecule is CN=C(NCc1ccc(OC)nc1)NCC1(c2ccccc2)CCC1.I. The van der Waals surface area contributed by atoms with Crippen molar-refractivity contribution in [2.45, 2.75) is 31.2 Å². The van der Waals surface area contributed by atoms with E-state index in [-0.39, 0.29) is 29.4 Å². The fourth-order valence-corrected chi connectivity index (χ4v) is 3.26. The smallest absolute Gasteiger partial charge is 0.212 e. The molecule has 0 saturated heterocycles. The van der Waals surface area contributed by atoms with Gasteiger partial charge in [-0.15, -0.1) is 24.0 Å². The van der Waals surface area contributed by atoms with Gasteiger partial charge in [-0.05, 0) is 24.0 Å². The van der Waals surface area contributed by atoms with E-state index in [0.29, 0.717) is 12.4 Å². The largest absolute Gasteiger partial charge is 0.481 e. The van der Waals surface area contributed by atoms with Crippen LogP contribution in [0.2, 0.25) is 0 Å². The van der Waals surface area contributed by atoms with Crippen LogP contribution in [0.4, 0.5) is 0 Å². The van der Waals surface area contributed by atoms with E-state index in [9.17, 15) is 0 Å². The Labute approximate surface area is 172 Å². The number of rotatable bonds is 6. The van der Waals surface area contributed by atoms with Crippen molar-refractivity contribution in [3.63, 3.8) is 0 Å². The zero-order chi connectivity index (χ0) is 17.5. The number of nitrogens with zero attached hydrogens (tertiary/aromatic N) is 2. The molecule has 0 aliphatic heterocycles. The van der Waals surface area contributed by atoms with Gasteiger partial charge in [-0.1, -0.05) is 42.8 Å². The Bertz CT molecular complexity index is 700. The number of guanidine groups is 1. The highest BCUT2D eigenvalue weighted by Crippen LogP contribution is 2.43. The zero-order valence-electron chi connectivity index (χ0n) is 15.4. The fourth-order valence-electron chi connectivity index (χ4n) is 3.26. The minimum absolute atomic E-state index is 0. The van der Waals surface area contributed by atoms with Crippen LogP contribution in [-0.2, 0) is 12.0 Å². The molecule has 1 aromatic heterocycles. The van der Waals surface area contributed by atoms with Gasteiger partial charge in [0.15, 0.2) is 5.96 Å². The van der Waals surface area contributed by atoms with Crippen LogP contribution in [0.15, 0.2) is 53.7 Å². The van der Waals surface area contributed by atoms with Gasteiger partial charge in [-0.2, -0.15) is 0 Å². The van der Waals surface area contributed by atoms with E-state index >= 15 is 0 Å². The number of methoxy groups -OCH3 is 1. The number of pyridine rings is 1. The molecule has 2 N–H and O–H groups in total. The Morgan fingerprint density at radius 3 is 2.46 bits per heavy atom. The molecule has 6 heteroatoms. The second-order valence-electron chi connectivity index (χ2n) is 6.49. The summed E-state index contributed by atoms with van der Waals surface area (Å²) in [5.41, 5.74) is 2.74. The van der Waals surface area contributed by atoms with Gasteiger partial charge < -0.3 is 15.4 Å². The molecule has 1 aliphatic carbocycles. The highest BCUT2D eigenvalue weighted by molar-refractivity contribution is 14.0. The Morgan fingerprint density at radius 1 is 1.15 bits per heavy atom. The summed E-state index contributed by atoms with van der Waals surface area (Å²) in [6.45, 7) is 1.58. The Hall–Kier alpha value is -1.83. The highest BCUT2D eigenvalue weighted by Gasteiger charge is 2.38. The van der Waals surface area contributed by atoms with Crippen LogP contribution in [0.3, 0.4) is 0 Å². The minimum atomic E-state index is 0. The Kier molecular flexibility index (Phi) is 7.68. The average molecular weight is 466 g/mol. The van der Waals surface area contributed by atoms with E-state index in [2.05, 4.69) is 50.9 Å². The van der Waals surface area contributed by atoms with Crippen LogP contribution in [-0.4, -0.2) is 31.6 Å².